The summed E-state index contributed by atoms with van der Waals surface area (Å²) in [6.45, 7) is 4.65. The second kappa shape index (κ2) is 10.6. The fourth-order valence-corrected chi connectivity index (χ4v) is 2.82. The lowest BCUT2D eigenvalue weighted by atomic mass is 9.89. The maximum Gasteiger partial charge on any atom is 0.220 e. The smallest absolute Gasteiger partial charge is 0.220 e. The normalized spacial score (nSPS) is 11.9. The molecule has 0 bridgehead atoms. The Kier molecular flexibility index (Phi) is 8.05. The molecule has 0 fully saturated rings. The Morgan fingerprint density at radius 2 is 1.58 bits per heavy atom. The van der Waals surface area contributed by atoms with E-state index < -0.39 is 0 Å². The van der Waals surface area contributed by atoms with Gasteiger partial charge in [-0.3, -0.25) is 4.79 Å². The molecule has 128 valence electrons. The summed E-state index contributed by atoms with van der Waals surface area (Å²) in [5.41, 5.74) is 2.49. The first-order valence-corrected chi connectivity index (χ1v) is 8.86. The van der Waals surface area contributed by atoms with E-state index in [1.54, 1.807) is 0 Å². The van der Waals surface area contributed by atoms with Crippen molar-refractivity contribution >= 4 is 5.91 Å². The number of carbonyl (C=O) groups excluding carboxylic acids is 1. The van der Waals surface area contributed by atoms with Crippen LogP contribution in [0.5, 0.6) is 0 Å². The van der Waals surface area contributed by atoms with Crippen molar-refractivity contribution in [3.63, 3.8) is 0 Å². The third-order valence-electron chi connectivity index (χ3n) is 4.08. The molecule has 24 heavy (non-hydrogen) atoms. The maximum absolute atomic E-state index is 12.3. The summed E-state index contributed by atoms with van der Waals surface area (Å²) >= 11 is 0. The highest BCUT2D eigenvalue weighted by Gasteiger charge is 2.16. The quantitative estimate of drug-likeness (QED) is 0.657. The largest absolute Gasteiger partial charge is 0.355 e. The van der Waals surface area contributed by atoms with Gasteiger partial charge >= 0.3 is 0 Å². The minimum atomic E-state index is 0.123. The zero-order chi connectivity index (χ0) is 17.0. The Bertz CT molecular complexity index is 583. The molecule has 0 aliphatic carbocycles. The lowest BCUT2D eigenvalue weighted by Crippen LogP contribution is -2.33. The average Bonchev–Trinajstić information content (AvgIpc) is 2.62. The van der Waals surface area contributed by atoms with Gasteiger partial charge in [-0.25, -0.2) is 0 Å². The number of hydrogen-bond donors (Lipinski definition) is 2. The number of nitrogens with one attached hydrogen (secondary N) is 2. The minimum Gasteiger partial charge on any atom is -0.355 e. The van der Waals surface area contributed by atoms with Gasteiger partial charge < -0.3 is 10.6 Å². The molecule has 2 aromatic rings. The standard InChI is InChI=1S/C21H28N2O/c1-2-13-22-14-15-23-21(24)17-20(19-11-7-4-8-12-19)16-18-9-5-3-6-10-18/h3-12,20,22H,2,13-17H2,1H3,(H,23,24). The monoisotopic (exact) mass is 324 g/mol. The Morgan fingerprint density at radius 1 is 0.917 bits per heavy atom. The van der Waals surface area contributed by atoms with Crippen molar-refractivity contribution in [1.82, 2.24) is 10.6 Å². The fourth-order valence-electron chi connectivity index (χ4n) is 2.82. The summed E-state index contributed by atoms with van der Waals surface area (Å²) in [6.07, 6.45) is 2.51. The number of amides is 1. The number of hydrogen-bond acceptors (Lipinski definition) is 2. The van der Waals surface area contributed by atoms with Crippen molar-refractivity contribution in [2.45, 2.75) is 32.1 Å². The summed E-state index contributed by atoms with van der Waals surface area (Å²) in [7, 11) is 0. The van der Waals surface area contributed by atoms with Crippen LogP contribution in [0.15, 0.2) is 60.7 Å². The van der Waals surface area contributed by atoms with Crippen molar-refractivity contribution in [2.75, 3.05) is 19.6 Å². The number of rotatable bonds is 10. The Balaban J connectivity index is 1.92. The molecule has 0 radical (unpaired) electrons. The molecule has 2 N–H and O–H groups in total. The van der Waals surface area contributed by atoms with Gasteiger partial charge in [0.15, 0.2) is 0 Å². The van der Waals surface area contributed by atoms with Crippen LogP contribution < -0.4 is 10.6 Å². The van der Waals surface area contributed by atoms with E-state index in [9.17, 15) is 4.79 Å². The van der Waals surface area contributed by atoms with Gasteiger partial charge in [-0.05, 0) is 36.4 Å². The predicted octanol–water partition coefficient (Wildman–Crippen LogP) is 3.52. The van der Waals surface area contributed by atoms with Gasteiger partial charge in [-0.2, -0.15) is 0 Å². The van der Waals surface area contributed by atoms with E-state index >= 15 is 0 Å². The molecule has 3 nitrogen and oxygen atoms in total. The van der Waals surface area contributed by atoms with Crippen LogP contribution in [0.1, 0.15) is 36.8 Å². The molecule has 0 spiro atoms. The van der Waals surface area contributed by atoms with Crippen molar-refractivity contribution in [3.05, 3.63) is 71.8 Å². The zero-order valence-electron chi connectivity index (χ0n) is 14.5. The van der Waals surface area contributed by atoms with Gasteiger partial charge in [-0.1, -0.05) is 67.6 Å². The van der Waals surface area contributed by atoms with E-state index in [-0.39, 0.29) is 11.8 Å². The van der Waals surface area contributed by atoms with Crippen LogP contribution in [0, 0.1) is 0 Å². The number of carbonyl (C=O) groups is 1. The Labute approximate surface area is 145 Å². The van der Waals surface area contributed by atoms with Crippen LogP contribution in [-0.4, -0.2) is 25.5 Å². The molecule has 0 aliphatic rings. The molecule has 1 atom stereocenters. The summed E-state index contributed by atoms with van der Waals surface area (Å²) < 4.78 is 0. The van der Waals surface area contributed by atoms with Crippen LogP contribution in [0.3, 0.4) is 0 Å². The van der Waals surface area contributed by atoms with Crippen LogP contribution >= 0.6 is 0 Å². The van der Waals surface area contributed by atoms with Crippen molar-refractivity contribution in [3.8, 4) is 0 Å². The molecule has 1 amide bonds. The highest BCUT2D eigenvalue weighted by atomic mass is 16.1. The molecular formula is C21H28N2O. The lowest BCUT2D eigenvalue weighted by Gasteiger charge is -2.17. The first-order chi connectivity index (χ1) is 11.8. The second-order valence-electron chi connectivity index (χ2n) is 6.10. The van der Waals surface area contributed by atoms with E-state index in [2.05, 4.69) is 54.0 Å². The van der Waals surface area contributed by atoms with Crippen molar-refractivity contribution in [1.29, 1.82) is 0 Å². The van der Waals surface area contributed by atoms with E-state index in [0.717, 1.165) is 25.9 Å². The van der Waals surface area contributed by atoms with E-state index in [1.165, 1.54) is 11.1 Å². The molecule has 0 aromatic heterocycles. The summed E-state index contributed by atoms with van der Waals surface area (Å²) in [5, 5.41) is 6.33. The van der Waals surface area contributed by atoms with Crippen LogP contribution in [-0.2, 0) is 11.2 Å². The minimum absolute atomic E-state index is 0.123. The van der Waals surface area contributed by atoms with Crippen LogP contribution in [0.25, 0.3) is 0 Å². The third-order valence-corrected chi connectivity index (χ3v) is 4.08. The second-order valence-corrected chi connectivity index (χ2v) is 6.10. The van der Waals surface area contributed by atoms with E-state index in [0.29, 0.717) is 13.0 Å². The highest BCUT2D eigenvalue weighted by Crippen LogP contribution is 2.24. The summed E-state index contributed by atoms with van der Waals surface area (Å²) in [4.78, 5) is 12.3. The van der Waals surface area contributed by atoms with Crippen molar-refractivity contribution < 1.29 is 4.79 Å². The van der Waals surface area contributed by atoms with Gasteiger partial charge in [0, 0.05) is 19.5 Å². The fraction of sp³-hybridized carbons (Fsp3) is 0.381. The predicted molar refractivity (Wildman–Crippen MR) is 100 cm³/mol. The zero-order valence-corrected chi connectivity index (χ0v) is 14.5. The van der Waals surface area contributed by atoms with Crippen molar-refractivity contribution in [2.24, 2.45) is 0 Å². The molecule has 1 unspecified atom stereocenters. The van der Waals surface area contributed by atoms with Crippen LogP contribution in [0.2, 0.25) is 0 Å². The topological polar surface area (TPSA) is 41.1 Å². The molecule has 0 saturated heterocycles. The van der Waals surface area contributed by atoms with Gasteiger partial charge in [0.25, 0.3) is 0 Å². The highest BCUT2D eigenvalue weighted by molar-refractivity contribution is 5.76. The molecular weight excluding hydrogens is 296 g/mol. The first-order valence-electron chi connectivity index (χ1n) is 8.86. The molecule has 0 saturated carbocycles. The van der Waals surface area contributed by atoms with Gasteiger partial charge in [0.1, 0.15) is 0 Å². The first kappa shape index (κ1) is 18.2. The molecule has 2 rings (SSSR count). The van der Waals surface area contributed by atoms with E-state index in [4.69, 9.17) is 0 Å². The van der Waals surface area contributed by atoms with Gasteiger partial charge in [0.2, 0.25) is 5.91 Å². The third kappa shape index (κ3) is 6.55. The summed E-state index contributed by atoms with van der Waals surface area (Å²) in [5.74, 6) is 0.329. The molecule has 0 aliphatic heterocycles. The Morgan fingerprint density at radius 3 is 2.25 bits per heavy atom. The van der Waals surface area contributed by atoms with Crippen LogP contribution in [0.4, 0.5) is 0 Å². The summed E-state index contributed by atoms with van der Waals surface area (Å²) in [6, 6.07) is 20.7. The average molecular weight is 324 g/mol. The SMILES string of the molecule is CCCNCCNC(=O)CC(Cc1ccccc1)c1ccccc1. The van der Waals surface area contributed by atoms with Gasteiger partial charge in [-0.15, -0.1) is 0 Å². The Hall–Kier alpha value is -2.13. The lowest BCUT2D eigenvalue weighted by molar-refractivity contribution is -0.121. The maximum atomic E-state index is 12.3. The number of benzene rings is 2. The molecule has 2 aromatic carbocycles. The molecule has 3 heteroatoms. The molecule has 0 heterocycles. The van der Waals surface area contributed by atoms with E-state index in [1.807, 2.05) is 24.3 Å². The van der Waals surface area contributed by atoms with Gasteiger partial charge in [0.05, 0.1) is 0 Å².